The van der Waals surface area contributed by atoms with Crippen LogP contribution in [0.1, 0.15) is 33.6 Å². The summed E-state index contributed by atoms with van der Waals surface area (Å²) in [6.45, 7) is 10.7. The van der Waals surface area contributed by atoms with Crippen LogP contribution >= 0.6 is 0 Å². The lowest BCUT2D eigenvalue weighted by Crippen LogP contribution is -2.31. The highest BCUT2D eigenvalue weighted by atomic mass is 16.6. The smallest absolute Gasteiger partial charge is 0.222 e. The molecular weight excluding hydrogens is 340 g/mol. The van der Waals surface area contributed by atoms with Crippen molar-refractivity contribution in [1.29, 1.82) is 0 Å². The average molecular weight is 376 g/mol. The van der Waals surface area contributed by atoms with Crippen molar-refractivity contribution in [2.45, 2.75) is 33.6 Å². The van der Waals surface area contributed by atoms with Gasteiger partial charge in [0.25, 0.3) is 0 Å². The molecule has 26 heavy (non-hydrogen) atoms. The first-order valence-electron chi connectivity index (χ1n) is 9.43. The summed E-state index contributed by atoms with van der Waals surface area (Å²) >= 11 is 0. The third-order valence-electron chi connectivity index (χ3n) is 3.23. The Kier molecular flexibility index (Phi) is 17.7. The van der Waals surface area contributed by atoms with E-state index in [2.05, 4.69) is 10.6 Å². The van der Waals surface area contributed by atoms with E-state index in [1.165, 1.54) is 0 Å². The summed E-state index contributed by atoms with van der Waals surface area (Å²) in [4.78, 5) is 22.6. The first-order chi connectivity index (χ1) is 12.6. The Labute approximate surface area is 157 Å². The molecule has 0 aliphatic heterocycles. The molecule has 154 valence electrons. The van der Waals surface area contributed by atoms with Gasteiger partial charge in [0.05, 0.1) is 52.9 Å². The van der Waals surface area contributed by atoms with Gasteiger partial charge >= 0.3 is 0 Å². The standard InChI is InChI=1S/C18H36N2O6/c1-4-6-19-17(21)5-8-23-10-12-25-14-15-26-13-11-24-9-7-20-18(22)16(2)3/h16H,4-15H2,1-3H3,(H,19,21)(H,20,22). The topological polar surface area (TPSA) is 95.1 Å². The van der Waals surface area contributed by atoms with Crippen molar-refractivity contribution in [1.82, 2.24) is 10.6 Å². The lowest BCUT2D eigenvalue weighted by molar-refractivity contribution is -0.124. The van der Waals surface area contributed by atoms with E-state index in [4.69, 9.17) is 18.9 Å². The summed E-state index contributed by atoms with van der Waals surface area (Å²) in [6, 6.07) is 0. The van der Waals surface area contributed by atoms with Gasteiger partial charge in [-0.3, -0.25) is 9.59 Å². The van der Waals surface area contributed by atoms with Crippen LogP contribution in [0.3, 0.4) is 0 Å². The van der Waals surface area contributed by atoms with E-state index >= 15 is 0 Å². The molecule has 0 heterocycles. The Morgan fingerprint density at radius 2 is 1.23 bits per heavy atom. The first kappa shape index (κ1) is 24.8. The van der Waals surface area contributed by atoms with Crippen molar-refractivity contribution >= 4 is 11.8 Å². The average Bonchev–Trinajstić information content (AvgIpc) is 2.62. The van der Waals surface area contributed by atoms with Crippen LogP contribution in [-0.4, -0.2) is 77.8 Å². The predicted molar refractivity (Wildman–Crippen MR) is 99.0 cm³/mol. The number of hydrogen-bond donors (Lipinski definition) is 2. The molecule has 0 aliphatic carbocycles. The van der Waals surface area contributed by atoms with Crippen LogP contribution in [0.25, 0.3) is 0 Å². The highest BCUT2D eigenvalue weighted by Crippen LogP contribution is 1.89. The maximum atomic E-state index is 11.3. The molecule has 0 aromatic rings. The molecule has 8 heteroatoms. The van der Waals surface area contributed by atoms with Crippen LogP contribution in [0.5, 0.6) is 0 Å². The van der Waals surface area contributed by atoms with E-state index < -0.39 is 0 Å². The van der Waals surface area contributed by atoms with E-state index in [0.29, 0.717) is 72.4 Å². The summed E-state index contributed by atoms with van der Waals surface area (Å²) in [5.74, 6) is 0.0467. The third kappa shape index (κ3) is 17.6. The number of carbonyl (C=O) groups excluding carboxylic acids is 2. The fourth-order valence-electron chi connectivity index (χ4n) is 1.73. The molecular formula is C18H36N2O6. The molecule has 0 fully saturated rings. The lowest BCUT2D eigenvalue weighted by atomic mass is 10.2. The molecule has 2 N–H and O–H groups in total. The quantitative estimate of drug-likeness (QED) is 0.343. The van der Waals surface area contributed by atoms with Crippen molar-refractivity contribution in [3.05, 3.63) is 0 Å². The number of amides is 2. The van der Waals surface area contributed by atoms with Gasteiger partial charge in [-0.15, -0.1) is 0 Å². The molecule has 0 atom stereocenters. The van der Waals surface area contributed by atoms with Crippen LogP contribution in [0.4, 0.5) is 0 Å². The molecule has 0 saturated carbocycles. The van der Waals surface area contributed by atoms with Crippen LogP contribution < -0.4 is 10.6 Å². The lowest BCUT2D eigenvalue weighted by Gasteiger charge is -2.09. The molecule has 0 aliphatic rings. The molecule has 0 rings (SSSR count). The molecule has 0 bridgehead atoms. The largest absolute Gasteiger partial charge is 0.379 e. The van der Waals surface area contributed by atoms with Crippen LogP contribution in [0.2, 0.25) is 0 Å². The molecule has 8 nitrogen and oxygen atoms in total. The fourth-order valence-corrected chi connectivity index (χ4v) is 1.73. The van der Waals surface area contributed by atoms with Gasteiger partial charge in [-0.25, -0.2) is 0 Å². The molecule has 0 saturated heterocycles. The van der Waals surface area contributed by atoms with Crippen molar-refractivity contribution < 1.29 is 28.5 Å². The summed E-state index contributed by atoms with van der Waals surface area (Å²) in [5, 5.41) is 5.57. The fraction of sp³-hybridized carbons (Fsp3) is 0.889. The molecule has 0 aromatic heterocycles. The van der Waals surface area contributed by atoms with Crippen molar-refractivity contribution in [3.63, 3.8) is 0 Å². The van der Waals surface area contributed by atoms with Gasteiger partial charge in [0, 0.05) is 25.4 Å². The van der Waals surface area contributed by atoms with Gasteiger partial charge in [-0.2, -0.15) is 0 Å². The zero-order chi connectivity index (χ0) is 19.5. The summed E-state index contributed by atoms with van der Waals surface area (Å²) in [6.07, 6.45) is 1.31. The Morgan fingerprint density at radius 3 is 1.73 bits per heavy atom. The molecule has 0 radical (unpaired) electrons. The second-order valence-corrected chi connectivity index (χ2v) is 6.00. The zero-order valence-electron chi connectivity index (χ0n) is 16.5. The van der Waals surface area contributed by atoms with E-state index in [0.717, 1.165) is 6.42 Å². The highest BCUT2D eigenvalue weighted by molar-refractivity contribution is 5.77. The summed E-state index contributed by atoms with van der Waals surface area (Å²) < 4.78 is 21.4. The number of rotatable bonds is 18. The normalized spacial score (nSPS) is 10.9. The molecule has 0 aromatic carbocycles. The maximum Gasteiger partial charge on any atom is 0.222 e. The van der Waals surface area contributed by atoms with Gasteiger partial charge in [0.1, 0.15) is 0 Å². The Hall–Kier alpha value is -1.22. The number of ether oxygens (including phenoxy) is 4. The van der Waals surface area contributed by atoms with E-state index in [-0.39, 0.29) is 17.7 Å². The van der Waals surface area contributed by atoms with Crippen LogP contribution in [0, 0.1) is 5.92 Å². The third-order valence-corrected chi connectivity index (χ3v) is 3.23. The maximum absolute atomic E-state index is 11.3. The van der Waals surface area contributed by atoms with Crippen molar-refractivity contribution in [2.75, 3.05) is 65.9 Å². The zero-order valence-corrected chi connectivity index (χ0v) is 16.5. The monoisotopic (exact) mass is 376 g/mol. The SMILES string of the molecule is CCCNC(=O)CCOCCOCCOCCOCCNC(=O)C(C)C. The van der Waals surface area contributed by atoms with E-state index in [1.807, 2.05) is 20.8 Å². The molecule has 0 unspecified atom stereocenters. The first-order valence-corrected chi connectivity index (χ1v) is 9.43. The van der Waals surface area contributed by atoms with Gasteiger partial charge in [0.15, 0.2) is 0 Å². The molecule has 2 amide bonds. The summed E-state index contributed by atoms with van der Waals surface area (Å²) in [7, 11) is 0. The Morgan fingerprint density at radius 1 is 0.731 bits per heavy atom. The van der Waals surface area contributed by atoms with Crippen molar-refractivity contribution in [2.24, 2.45) is 5.92 Å². The van der Waals surface area contributed by atoms with Gasteiger partial charge < -0.3 is 29.6 Å². The second-order valence-electron chi connectivity index (χ2n) is 6.00. The number of carbonyl (C=O) groups is 2. The minimum atomic E-state index is -0.00553. The van der Waals surface area contributed by atoms with Gasteiger partial charge in [0.2, 0.25) is 11.8 Å². The molecule has 0 spiro atoms. The number of nitrogens with one attached hydrogen (secondary N) is 2. The van der Waals surface area contributed by atoms with Gasteiger partial charge in [-0.1, -0.05) is 20.8 Å². The Balaban J connectivity index is 3.13. The Bertz CT molecular complexity index is 353. The van der Waals surface area contributed by atoms with E-state index in [1.54, 1.807) is 0 Å². The van der Waals surface area contributed by atoms with E-state index in [9.17, 15) is 9.59 Å². The minimum Gasteiger partial charge on any atom is -0.379 e. The minimum absolute atomic E-state index is 0.00553. The summed E-state index contributed by atoms with van der Waals surface area (Å²) in [5.41, 5.74) is 0. The van der Waals surface area contributed by atoms with Crippen molar-refractivity contribution in [3.8, 4) is 0 Å². The highest BCUT2D eigenvalue weighted by Gasteiger charge is 2.04. The predicted octanol–water partition coefficient (Wildman–Crippen LogP) is 0.741. The second kappa shape index (κ2) is 18.6. The van der Waals surface area contributed by atoms with Crippen LogP contribution in [0.15, 0.2) is 0 Å². The van der Waals surface area contributed by atoms with Gasteiger partial charge in [-0.05, 0) is 6.42 Å². The number of hydrogen-bond acceptors (Lipinski definition) is 6. The van der Waals surface area contributed by atoms with Crippen LogP contribution in [-0.2, 0) is 28.5 Å².